The van der Waals surface area contributed by atoms with E-state index in [1.807, 2.05) is 26.1 Å². The van der Waals surface area contributed by atoms with Crippen molar-refractivity contribution in [3.8, 4) is 0 Å². The molecule has 0 radical (unpaired) electrons. The van der Waals surface area contributed by atoms with E-state index in [-0.39, 0.29) is 0 Å². The van der Waals surface area contributed by atoms with Gasteiger partial charge in [-0.15, -0.1) is 0 Å². The molecule has 0 spiro atoms. The van der Waals surface area contributed by atoms with Crippen LogP contribution >= 0.6 is 0 Å². The van der Waals surface area contributed by atoms with Crippen LogP contribution in [0.5, 0.6) is 0 Å². The number of allylic oxidation sites excluding steroid dienone is 2. The van der Waals surface area contributed by atoms with Crippen LogP contribution in [0.25, 0.3) is 0 Å². The molecule has 0 aromatic heterocycles. The summed E-state index contributed by atoms with van der Waals surface area (Å²) in [5.41, 5.74) is 2.01. The summed E-state index contributed by atoms with van der Waals surface area (Å²) < 4.78 is 0. The highest BCUT2D eigenvalue weighted by atomic mass is 14.7. The average Bonchev–Trinajstić information content (AvgIpc) is 1.89. The van der Waals surface area contributed by atoms with Crippen molar-refractivity contribution >= 4 is 6.21 Å². The van der Waals surface area contributed by atoms with Gasteiger partial charge in [0.05, 0.1) is 5.70 Å². The van der Waals surface area contributed by atoms with Gasteiger partial charge in [-0.2, -0.15) is 0 Å². The molecule has 0 saturated carbocycles. The minimum atomic E-state index is 0.977. The molecule has 1 nitrogen and oxygen atoms in total. The molecule has 0 amide bonds. The third-order valence-corrected chi connectivity index (χ3v) is 1.12. The van der Waals surface area contributed by atoms with Crippen molar-refractivity contribution in [2.45, 2.75) is 27.2 Å². The highest BCUT2D eigenvalue weighted by Gasteiger charge is 1.88. The van der Waals surface area contributed by atoms with E-state index in [0.29, 0.717) is 0 Å². The Kier molecular flexibility index (Phi) is 4.55. The molecule has 10 heavy (non-hydrogen) atoms. The topological polar surface area (TPSA) is 12.4 Å². The number of hydrogen-bond acceptors (Lipinski definition) is 1. The van der Waals surface area contributed by atoms with E-state index in [4.69, 9.17) is 0 Å². The van der Waals surface area contributed by atoms with Crippen LogP contribution in [0, 0.1) is 0 Å². The molecule has 0 bridgehead atoms. The third kappa shape index (κ3) is 3.23. The van der Waals surface area contributed by atoms with Gasteiger partial charge in [-0.1, -0.05) is 19.6 Å². The zero-order valence-corrected chi connectivity index (χ0v) is 7.02. The van der Waals surface area contributed by atoms with Crippen LogP contribution in [0.1, 0.15) is 27.2 Å². The van der Waals surface area contributed by atoms with Gasteiger partial charge >= 0.3 is 0 Å². The molecule has 0 atom stereocenters. The van der Waals surface area contributed by atoms with Crippen LogP contribution in [0.2, 0.25) is 0 Å². The number of nitrogens with zero attached hydrogens (tertiary/aromatic N) is 1. The Morgan fingerprint density at radius 2 is 2.20 bits per heavy atom. The Labute approximate surface area is 63.2 Å². The van der Waals surface area contributed by atoms with Gasteiger partial charge in [0.15, 0.2) is 0 Å². The maximum absolute atomic E-state index is 4.20. The van der Waals surface area contributed by atoms with Crippen LogP contribution in [0.3, 0.4) is 0 Å². The van der Waals surface area contributed by atoms with Crippen LogP contribution in [-0.4, -0.2) is 6.21 Å². The van der Waals surface area contributed by atoms with Crippen molar-refractivity contribution in [2.24, 2.45) is 4.99 Å². The van der Waals surface area contributed by atoms with Gasteiger partial charge in [-0.3, -0.25) is 4.99 Å². The second-order valence-corrected chi connectivity index (χ2v) is 2.17. The van der Waals surface area contributed by atoms with Crippen molar-refractivity contribution in [3.05, 3.63) is 23.9 Å². The molecule has 0 aliphatic heterocycles. The van der Waals surface area contributed by atoms with Crippen molar-refractivity contribution in [1.29, 1.82) is 0 Å². The Morgan fingerprint density at radius 3 is 2.50 bits per heavy atom. The fourth-order valence-electron chi connectivity index (χ4n) is 0.621. The number of hydrogen-bond donors (Lipinski definition) is 0. The highest BCUT2D eigenvalue weighted by Crippen LogP contribution is 2.06. The predicted octanol–water partition coefficient (Wildman–Crippen LogP) is 2.95. The lowest BCUT2D eigenvalue weighted by atomic mass is 10.2. The predicted molar refractivity (Wildman–Crippen MR) is 47.4 cm³/mol. The van der Waals surface area contributed by atoms with Gasteiger partial charge in [-0.25, -0.2) is 0 Å². The van der Waals surface area contributed by atoms with E-state index in [1.54, 1.807) is 0 Å². The van der Waals surface area contributed by atoms with Crippen molar-refractivity contribution in [3.63, 3.8) is 0 Å². The average molecular weight is 137 g/mol. The molecule has 0 unspecified atom stereocenters. The molecular weight excluding hydrogens is 122 g/mol. The minimum absolute atomic E-state index is 0.977. The monoisotopic (exact) mass is 137 g/mol. The standard InChI is InChI=1S/C9H15N/c1-5-7-10-9(6-2)8(3)4/h6-7H,3,5H2,1-2,4H3/b9-6-,10-7?. The van der Waals surface area contributed by atoms with Crippen molar-refractivity contribution in [1.82, 2.24) is 0 Å². The van der Waals surface area contributed by atoms with Crippen LogP contribution in [-0.2, 0) is 0 Å². The summed E-state index contributed by atoms with van der Waals surface area (Å²) in [6, 6.07) is 0. The molecule has 0 aromatic rings. The Morgan fingerprint density at radius 1 is 1.60 bits per heavy atom. The first-order valence-corrected chi connectivity index (χ1v) is 3.57. The Hall–Kier alpha value is -0.850. The summed E-state index contributed by atoms with van der Waals surface area (Å²) in [7, 11) is 0. The van der Waals surface area contributed by atoms with Gasteiger partial charge in [-0.05, 0) is 25.8 Å². The van der Waals surface area contributed by atoms with Crippen molar-refractivity contribution in [2.75, 3.05) is 0 Å². The van der Waals surface area contributed by atoms with Gasteiger partial charge in [0.1, 0.15) is 0 Å². The second kappa shape index (κ2) is 4.98. The molecule has 0 N–H and O–H groups in total. The summed E-state index contributed by atoms with van der Waals surface area (Å²) in [6.45, 7) is 9.79. The maximum atomic E-state index is 4.20. The molecule has 0 aliphatic carbocycles. The summed E-state index contributed by atoms with van der Waals surface area (Å²) in [6.07, 6.45) is 4.84. The fraction of sp³-hybridized carbons (Fsp3) is 0.444. The van der Waals surface area contributed by atoms with Gasteiger partial charge < -0.3 is 0 Å². The molecule has 0 aliphatic rings. The molecule has 0 aromatic carbocycles. The first-order valence-electron chi connectivity index (χ1n) is 3.57. The largest absolute Gasteiger partial charge is 0.261 e. The van der Waals surface area contributed by atoms with Gasteiger partial charge in [0.2, 0.25) is 0 Å². The molecule has 56 valence electrons. The summed E-state index contributed by atoms with van der Waals surface area (Å²) in [4.78, 5) is 4.20. The normalized spacial score (nSPS) is 12.5. The number of aliphatic imine (C=N–C) groups is 1. The van der Waals surface area contributed by atoms with Gasteiger partial charge in [0, 0.05) is 6.21 Å². The van der Waals surface area contributed by atoms with Crippen molar-refractivity contribution < 1.29 is 0 Å². The van der Waals surface area contributed by atoms with E-state index in [2.05, 4.69) is 18.5 Å². The van der Waals surface area contributed by atoms with E-state index in [1.165, 1.54) is 0 Å². The summed E-state index contributed by atoms with van der Waals surface area (Å²) in [5.74, 6) is 0. The molecule has 1 heteroatoms. The van der Waals surface area contributed by atoms with E-state index in [0.717, 1.165) is 17.7 Å². The first kappa shape index (κ1) is 9.15. The van der Waals surface area contributed by atoms with E-state index in [9.17, 15) is 0 Å². The summed E-state index contributed by atoms with van der Waals surface area (Å²) >= 11 is 0. The fourth-order valence-corrected chi connectivity index (χ4v) is 0.621. The molecular formula is C9H15N. The smallest absolute Gasteiger partial charge is 0.0606 e. The Balaban J connectivity index is 4.12. The zero-order valence-electron chi connectivity index (χ0n) is 7.02. The lowest BCUT2D eigenvalue weighted by Gasteiger charge is -1.96. The zero-order chi connectivity index (χ0) is 7.98. The maximum Gasteiger partial charge on any atom is 0.0606 e. The Bertz CT molecular complexity index is 164. The lowest BCUT2D eigenvalue weighted by molar-refractivity contribution is 1.24. The highest BCUT2D eigenvalue weighted by molar-refractivity contribution is 5.59. The second-order valence-electron chi connectivity index (χ2n) is 2.17. The number of rotatable bonds is 3. The lowest BCUT2D eigenvalue weighted by Crippen LogP contribution is -1.79. The van der Waals surface area contributed by atoms with Gasteiger partial charge in [0.25, 0.3) is 0 Å². The molecule has 0 fully saturated rings. The van der Waals surface area contributed by atoms with E-state index < -0.39 is 0 Å². The van der Waals surface area contributed by atoms with Crippen LogP contribution in [0.15, 0.2) is 28.9 Å². The molecule has 0 saturated heterocycles. The van der Waals surface area contributed by atoms with Crippen LogP contribution in [0.4, 0.5) is 0 Å². The SMILES string of the molecule is C=C(C)/C(=C/C)N=CCC. The van der Waals surface area contributed by atoms with Crippen LogP contribution < -0.4 is 0 Å². The first-order chi connectivity index (χ1) is 4.72. The quantitative estimate of drug-likeness (QED) is 0.419. The summed E-state index contributed by atoms with van der Waals surface area (Å²) in [5, 5.41) is 0. The molecule has 0 rings (SSSR count). The molecule has 0 heterocycles. The third-order valence-electron chi connectivity index (χ3n) is 1.12. The van der Waals surface area contributed by atoms with E-state index >= 15 is 0 Å². The minimum Gasteiger partial charge on any atom is -0.261 e.